The summed E-state index contributed by atoms with van der Waals surface area (Å²) in [4.78, 5) is 10.7. The van der Waals surface area contributed by atoms with Gasteiger partial charge in [-0.2, -0.15) is 0 Å². The van der Waals surface area contributed by atoms with E-state index in [1.54, 1.807) is 12.4 Å². The standard InChI is InChI=1S/C11H16ClN3/c1-2-9-4-3-5-15(8-9)11-7-13-6-10(12)14-11/h6-7,9H,2-5,8H2,1H3. The molecule has 0 saturated carbocycles. The summed E-state index contributed by atoms with van der Waals surface area (Å²) in [6.07, 6.45) is 7.19. The van der Waals surface area contributed by atoms with Gasteiger partial charge in [0, 0.05) is 13.1 Å². The van der Waals surface area contributed by atoms with Gasteiger partial charge in [-0.15, -0.1) is 0 Å². The van der Waals surface area contributed by atoms with Crippen LogP contribution in [0.2, 0.25) is 5.15 Å². The van der Waals surface area contributed by atoms with Crippen molar-refractivity contribution in [2.24, 2.45) is 5.92 Å². The van der Waals surface area contributed by atoms with Gasteiger partial charge in [-0.3, -0.25) is 4.98 Å². The van der Waals surface area contributed by atoms with E-state index in [0.29, 0.717) is 5.15 Å². The van der Waals surface area contributed by atoms with E-state index < -0.39 is 0 Å². The fourth-order valence-electron chi connectivity index (χ4n) is 2.09. The maximum atomic E-state index is 5.83. The normalized spacial score (nSPS) is 21.7. The number of hydrogen-bond donors (Lipinski definition) is 0. The first-order valence-corrected chi connectivity index (χ1v) is 5.90. The Labute approximate surface area is 95.5 Å². The molecule has 2 rings (SSSR count). The lowest BCUT2D eigenvalue weighted by Crippen LogP contribution is -2.35. The van der Waals surface area contributed by atoms with E-state index >= 15 is 0 Å². The molecule has 2 heterocycles. The van der Waals surface area contributed by atoms with Crippen molar-refractivity contribution in [2.75, 3.05) is 18.0 Å². The minimum Gasteiger partial charge on any atom is -0.355 e. The fraction of sp³-hybridized carbons (Fsp3) is 0.636. The third-order valence-corrected chi connectivity index (χ3v) is 3.19. The van der Waals surface area contributed by atoms with Crippen LogP contribution in [-0.2, 0) is 0 Å². The largest absolute Gasteiger partial charge is 0.355 e. The van der Waals surface area contributed by atoms with Crippen LogP contribution in [0.1, 0.15) is 26.2 Å². The first-order valence-electron chi connectivity index (χ1n) is 5.52. The van der Waals surface area contributed by atoms with E-state index in [2.05, 4.69) is 21.8 Å². The predicted molar refractivity (Wildman–Crippen MR) is 62.3 cm³/mol. The van der Waals surface area contributed by atoms with Crippen molar-refractivity contribution in [3.8, 4) is 0 Å². The molecular formula is C11H16ClN3. The second kappa shape index (κ2) is 4.79. The van der Waals surface area contributed by atoms with Crippen LogP contribution in [-0.4, -0.2) is 23.1 Å². The van der Waals surface area contributed by atoms with Gasteiger partial charge in [-0.25, -0.2) is 4.98 Å². The zero-order valence-corrected chi connectivity index (χ0v) is 9.74. The second-order valence-corrected chi connectivity index (χ2v) is 4.45. The highest BCUT2D eigenvalue weighted by molar-refractivity contribution is 6.29. The van der Waals surface area contributed by atoms with Gasteiger partial charge >= 0.3 is 0 Å². The van der Waals surface area contributed by atoms with Gasteiger partial charge in [0.2, 0.25) is 0 Å². The Hall–Kier alpha value is -0.830. The van der Waals surface area contributed by atoms with Gasteiger partial charge in [-0.05, 0) is 18.8 Å². The van der Waals surface area contributed by atoms with Crippen LogP contribution >= 0.6 is 11.6 Å². The molecule has 1 saturated heterocycles. The van der Waals surface area contributed by atoms with Crippen LogP contribution in [0.25, 0.3) is 0 Å². The van der Waals surface area contributed by atoms with E-state index in [1.165, 1.54) is 19.3 Å². The van der Waals surface area contributed by atoms with Crippen molar-refractivity contribution in [3.05, 3.63) is 17.5 Å². The van der Waals surface area contributed by atoms with Crippen LogP contribution in [0.4, 0.5) is 5.82 Å². The van der Waals surface area contributed by atoms with Crippen LogP contribution in [0, 0.1) is 5.92 Å². The quantitative estimate of drug-likeness (QED) is 0.775. The minimum atomic E-state index is 0.478. The van der Waals surface area contributed by atoms with Crippen LogP contribution in [0.15, 0.2) is 12.4 Å². The molecule has 1 aromatic rings. The van der Waals surface area contributed by atoms with E-state index in [0.717, 1.165) is 24.8 Å². The second-order valence-electron chi connectivity index (χ2n) is 4.06. The highest BCUT2D eigenvalue weighted by Gasteiger charge is 2.19. The molecule has 0 amide bonds. The van der Waals surface area contributed by atoms with Gasteiger partial charge in [0.1, 0.15) is 11.0 Å². The number of nitrogens with zero attached hydrogens (tertiary/aromatic N) is 3. The first kappa shape index (κ1) is 10.7. The van der Waals surface area contributed by atoms with Crippen molar-refractivity contribution < 1.29 is 0 Å². The van der Waals surface area contributed by atoms with Gasteiger partial charge in [0.15, 0.2) is 0 Å². The molecule has 0 N–H and O–H groups in total. The summed E-state index contributed by atoms with van der Waals surface area (Å²) in [7, 11) is 0. The Kier molecular flexibility index (Phi) is 3.41. The monoisotopic (exact) mass is 225 g/mol. The average Bonchev–Trinajstić information content (AvgIpc) is 2.29. The summed E-state index contributed by atoms with van der Waals surface area (Å²) in [5, 5.41) is 0.478. The van der Waals surface area contributed by atoms with E-state index in [9.17, 15) is 0 Å². The van der Waals surface area contributed by atoms with Crippen LogP contribution < -0.4 is 4.90 Å². The van der Waals surface area contributed by atoms with Gasteiger partial charge in [-0.1, -0.05) is 24.9 Å². The van der Waals surface area contributed by atoms with Crippen LogP contribution in [0.3, 0.4) is 0 Å². The maximum absolute atomic E-state index is 5.83. The van der Waals surface area contributed by atoms with E-state index in [1.807, 2.05) is 0 Å². The lowest BCUT2D eigenvalue weighted by Gasteiger charge is -2.32. The zero-order chi connectivity index (χ0) is 10.7. The summed E-state index contributed by atoms with van der Waals surface area (Å²) in [5.74, 6) is 1.71. The number of rotatable bonds is 2. The molecule has 1 fully saturated rings. The van der Waals surface area contributed by atoms with Crippen LogP contribution in [0.5, 0.6) is 0 Å². The van der Waals surface area contributed by atoms with E-state index in [-0.39, 0.29) is 0 Å². The first-order chi connectivity index (χ1) is 7.29. The Morgan fingerprint density at radius 3 is 3.13 bits per heavy atom. The molecular weight excluding hydrogens is 210 g/mol. The number of anilines is 1. The van der Waals surface area contributed by atoms with Crippen molar-refractivity contribution in [1.29, 1.82) is 0 Å². The third kappa shape index (κ3) is 2.59. The molecule has 4 heteroatoms. The molecule has 1 aliphatic rings. The van der Waals surface area contributed by atoms with Crippen molar-refractivity contribution in [2.45, 2.75) is 26.2 Å². The number of aromatic nitrogens is 2. The molecule has 0 aromatic carbocycles. The lowest BCUT2D eigenvalue weighted by molar-refractivity contribution is 0.403. The SMILES string of the molecule is CCC1CCCN(c2cncc(Cl)n2)C1. The fourth-order valence-corrected chi connectivity index (χ4v) is 2.23. The highest BCUT2D eigenvalue weighted by Crippen LogP contribution is 2.23. The topological polar surface area (TPSA) is 29.0 Å². The van der Waals surface area contributed by atoms with Gasteiger partial charge < -0.3 is 4.90 Å². The minimum absolute atomic E-state index is 0.478. The highest BCUT2D eigenvalue weighted by atomic mass is 35.5. The predicted octanol–water partition coefficient (Wildman–Crippen LogP) is 2.76. The number of hydrogen-bond acceptors (Lipinski definition) is 3. The lowest BCUT2D eigenvalue weighted by atomic mass is 9.96. The number of piperidine rings is 1. The Morgan fingerprint density at radius 2 is 2.40 bits per heavy atom. The number of halogens is 1. The molecule has 3 nitrogen and oxygen atoms in total. The van der Waals surface area contributed by atoms with Crippen molar-refractivity contribution >= 4 is 17.4 Å². The summed E-state index contributed by atoms with van der Waals surface area (Å²) < 4.78 is 0. The molecule has 0 radical (unpaired) electrons. The smallest absolute Gasteiger partial charge is 0.149 e. The molecule has 1 unspecified atom stereocenters. The third-order valence-electron chi connectivity index (χ3n) is 3.01. The van der Waals surface area contributed by atoms with E-state index in [4.69, 9.17) is 11.6 Å². The summed E-state index contributed by atoms with van der Waals surface area (Å²) in [5.41, 5.74) is 0. The molecule has 1 aromatic heterocycles. The van der Waals surface area contributed by atoms with Crippen molar-refractivity contribution in [3.63, 3.8) is 0 Å². The maximum Gasteiger partial charge on any atom is 0.149 e. The Morgan fingerprint density at radius 1 is 1.53 bits per heavy atom. The molecule has 0 aliphatic carbocycles. The zero-order valence-electron chi connectivity index (χ0n) is 8.99. The molecule has 1 atom stereocenters. The summed E-state index contributed by atoms with van der Waals surface area (Å²) in [6.45, 7) is 4.41. The van der Waals surface area contributed by atoms with Gasteiger partial charge in [0.05, 0.1) is 12.4 Å². The Bertz CT molecular complexity index is 329. The average molecular weight is 226 g/mol. The molecule has 1 aliphatic heterocycles. The van der Waals surface area contributed by atoms with Gasteiger partial charge in [0.25, 0.3) is 0 Å². The Balaban J connectivity index is 2.09. The summed E-state index contributed by atoms with van der Waals surface area (Å²) in [6, 6.07) is 0. The molecule has 15 heavy (non-hydrogen) atoms. The van der Waals surface area contributed by atoms with Crippen molar-refractivity contribution in [1.82, 2.24) is 9.97 Å². The molecule has 82 valence electrons. The summed E-state index contributed by atoms with van der Waals surface area (Å²) >= 11 is 5.83. The molecule has 0 bridgehead atoms. The molecule has 0 spiro atoms.